The highest BCUT2D eigenvalue weighted by Gasteiger charge is 2.39. The fourth-order valence-corrected chi connectivity index (χ4v) is 3.92. The number of hydrogen-bond donors (Lipinski definition) is 4. The van der Waals surface area contributed by atoms with Crippen LogP contribution in [-0.2, 0) is 10.3 Å². The van der Waals surface area contributed by atoms with Gasteiger partial charge in [-0.1, -0.05) is 0 Å². The molecule has 4 heterocycles. The highest BCUT2D eigenvalue weighted by Crippen LogP contribution is 2.32. The summed E-state index contributed by atoms with van der Waals surface area (Å²) in [6.07, 6.45) is 1.29. The van der Waals surface area contributed by atoms with Gasteiger partial charge in [-0.3, -0.25) is 19.6 Å². The smallest absolute Gasteiger partial charge is 0.422 e. The van der Waals surface area contributed by atoms with E-state index >= 15 is 0 Å². The molecule has 0 atom stereocenters. The van der Waals surface area contributed by atoms with Gasteiger partial charge < -0.3 is 26.4 Å². The lowest BCUT2D eigenvalue weighted by Crippen LogP contribution is -2.52. The summed E-state index contributed by atoms with van der Waals surface area (Å²) in [4.78, 5) is 29.7. The molecule has 6 N–H and O–H groups in total. The van der Waals surface area contributed by atoms with E-state index in [1.807, 2.05) is 0 Å². The predicted octanol–water partition coefficient (Wildman–Crippen LogP) is 1.96. The molecule has 1 aliphatic rings. The van der Waals surface area contributed by atoms with E-state index in [1.54, 1.807) is 30.7 Å². The van der Waals surface area contributed by atoms with Gasteiger partial charge in [0.25, 0.3) is 5.91 Å². The lowest BCUT2D eigenvalue weighted by Gasteiger charge is -2.40. The van der Waals surface area contributed by atoms with Crippen molar-refractivity contribution in [2.45, 2.75) is 24.6 Å². The number of nitrogens with one attached hydrogen (secondary N) is 2. The zero-order chi connectivity index (χ0) is 25.9. The third kappa shape index (κ3) is 5.40. The van der Waals surface area contributed by atoms with Gasteiger partial charge in [-0.2, -0.15) is 23.4 Å². The first-order chi connectivity index (χ1) is 17.1. The highest BCUT2D eigenvalue weighted by atomic mass is 19.4. The van der Waals surface area contributed by atoms with Gasteiger partial charge in [-0.05, 0) is 25.0 Å². The summed E-state index contributed by atoms with van der Waals surface area (Å²) < 4.78 is 42.9. The number of carbonyl (C=O) groups excluding carboxylic acids is 2. The number of likely N-dealkylation sites (tertiary alicyclic amines) is 1. The minimum Gasteiger partial charge on any atom is -0.440 e. The van der Waals surface area contributed by atoms with Crippen LogP contribution in [0, 0.1) is 0 Å². The van der Waals surface area contributed by atoms with E-state index in [2.05, 4.69) is 30.3 Å². The Hall–Kier alpha value is -4.14. The molecule has 0 radical (unpaired) electrons. The minimum absolute atomic E-state index is 0.0990. The normalized spacial score (nSPS) is 15.5. The van der Waals surface area contributed by atoms with Crippen LogP contribution in [0.15, 0.2) is 36.9 Å². The molecule has 0 aliphatic carbocycles. The minimum atomic E-state index is -4.61. The quantitative estimate of drug-likeness (QED) is 0.376. The molecule has 0 aromatic carbocycles. The number of aromatic nitrogens is 5. The number of rotatable bonds is 7. The first-order valence-corrected chi connectivity index (χ1v) is 10.9. The van der Waals surface area contributed by atoms with Crippen LogP contribution in [0.4, 0.5) is 29.5 Å². The molecule has 1 saturated heterocycles. The van der Waals surface area contributed by atoms with Crippen LogP contribution in [-0.4, -0.2) is 74.3 Å². The molecule has 15 heteroatoms. The molecule has 1 fully saturated rings. The van der Waals surface area contributed by atoms with E-state index in [1.165, 1.54) is 15.8 Å². The molecule has 0 bridgehead atoms. The molecule has 2 amide bonds. The molecule has 3 aromatic rings. The average Bonchev–Trinajstić information content (AvgIpc) is 3.54. The molecule has 4 rings (SSSR count). The number of hydrogen-bond acceptors (Lipinski definition) is 8. The van der Waals surface area contributed by atoms with Gasteiger partial charge in [0.05, 0.1) is 29.3 Å². The number of pyridine rings is 1. The molecule has 192 valence electrons. The third-order valence-corrected chi connectivity index (χ3v) is 5.98. The number of aromatic amines is 1. The lowest BCUT2D eigenvalue weighted by atomic mass is 9.88. The number of primary amides is 1. The third-order valence-electron chi connectivity index (χ3n) is 5.98. The average molecular weight is 507 g/mol. The van der Waals surface area contributed by atoms with E-state index in [0.29, 0.717) is 11.4 Å². The zero-order valence-corrected chi connectivity index (χ0v) is 19.0. The highest BCUT2D eigenvalue weighted by molar-refractivity contribution is 5.98. The number of carbonyl (C=O) groups is 2. The van der Waals surface area contributed by atoms with Gasteiger partial charge in [0.15, 0.2) is 12.4 Å². The molecule has 0 spiro atoms. The Bertz CT molecular complexity index is 1200. The van der Waals surface area contributed by atoms with Crippen molar-refractivity contribution in [2.75, 3.05) is 31.6 Å². The number of ether oxygens (including phenoxy) is 1. The van der Waals surface area contributed by atoms with Crippen LogP contribution in [0.25, 0.3) is 11.3 Å². The number of amides is 2. The van der Waals surface area contributed by atoms with E-state index in [-0.39, 0.29) is 43.9 Å². The van der Waals surface area contributed by atoms with E-state index < -0.39 is 30.3 Å². The second-order valence-electron chi connectivity index (χ2n) is 8.33. The predicted molar refractivity (Wildman–Crippen MR) is 121 cm³/mol. The van der Waals surface area contributed by atoms with Crippen molar-refractivity contribution in [1.82, 2.24) is 29.9 Å². The Labute approximate surface area is 202 Å². The van der Waals surface area contributed by atoms with Gasteiger partial charge in [0, 0.05) is 37.6 Å². The summed E-state index contributed by atoms with van der Waals surface area (Å²) >= 11 is 0. The van der Waals surface area contributed by atoms with Crippen molar-refractivity contribution in [3.05, 3.63) is 42.5 Å². The maximum atomic E-state index is 12.4. The SMILES string of the molecule is NCC1(n2cc(C(N)=O)c(Nc3ccc(-c4cn[nH]c4)nc3)n2)CCN(C(=O)OCC(F)(F)F)CC1. The number of alkyl halides is 3. The van der Waals surface area contributed by atoms with Gasteiger partial charge in [0.2, 0.25) is 0 Å². The number of anilines is 2. The number of H-pyrrole nitrogens is 1. The topological polar surface area (TPSA) is 170 Å². The fourth-order valence-electron chi connectivity index (χ4n) is 3.92. The Balaban J connectivity index is 1.49. The van der Waals surface area contributed by atoms with E-state index in [4.69, 9.17) is 11.5 Å². The maximum Gasteiger partial charge on any atom is 0.422 e. The summed E-state index contributed by atoms with van der Waals surface area (Å²) in [5.41, 5.74) is 13.0. The second-order valence-corrected chi connectivity index (χ2v) is 8.33. The molecule has 36 heavy (non-hydrogen) atoms. The molecular weight excluding hydrogens is 483 g/mol. The molecule has 3 aromatic heterocycles. The summed E-state index contributed by atoms with van der Waals surface area (Å²) in [7, 11) is 0. The van der Waals surface area contributed by atoms with Crippen molar-refractivity contribution < 1.29 is 27.5 Å². The van der Waals surface area contributed by atoms with Crippen LogP contribution in [0.5, 0.6) is 0 Å². The maximum absolute atomic E-state index is 12.4. The summed E-state index contributed by atoms with van der Waals surface area (Å²) in [5.74, 6) is -0.521. The van der Waals surface area contributed by atoms with Crippen molar-refractivity contribution in [3.8, 4) is 11.3 Å². The van der Waals surface area contributed by atoms with Crippen LogP contribution >= 0.6 is 0 Å². The van der Waals surface area contributed by atoms with Crippen LogP contribution < -0.4 is 16.8 Å². The largest absolute Gasteiger partial charge is 0.440 e. The molecule has 0 saturated carbocycles. The molecule has 12 nitrogen and oxygen atoms in total. The van der Waals surface area contributed by atoms with Gasteiger partial charge in [0.1, 0.15) is 5.56 Å². The number of piperidine rings is 1. The number of halogens is 3. The Kier molecular flexibility index (Phi) is 6.83. The van der Waals surface area contributed by atoms with E-state index in [0.717, 1.165) is 5.56 Å². The van der Waals surface area contributed by atoms with Gasteiger partial charge in [-0.15, -0.1) is 0 Å². The van der Waals surface area contributed by atoms with E-state index in [9.17, 15) is 22.8 Å². The van der Waals surface area contributed by atoms with Crippen molar-refractivity contribution in [3.63, 3.8) is 0 Å². The summed E-state index contributed by atoms with van der Waals surface area (Å²) in [6.45, 7) is -1.35. The Morgan fingerprint density at radius 3 is 2.53 bits per heavy atom. The number of nitrogens with two attached hydrogens (primary N) is 2. The van der Waals surface area contributed by atoms with Crippen molar-refractivity contribution in [1.29, 1.82) is 0 Å². The summed E-state index contributed by atoms with van der Waals surface area (Å²) in [6, 6.07) is 3.52. The van der Waals surface area contributed by atoms with Crippen LogP contribution in [0.2, 0.25) is 0 Å². The van der Waals surface area contributed by atoms with Gasteiger partial charge >= 0.3 is 12.3 Å². The standard InChI is InChI=1S/C21H24F3N9O3/c22-21(23,24)12-36-19(35)32-5-3-20(11-25,4-6-32)33-10-15(17(26)34)18(31-33)30-14-1-2-16(27-9-14)13-7-28-29-8-13/h1-2,7-10H,3-6,11-12,25H2,(H2,26,34)(H,28,29)(H,30,31). The summed E-state index contributed by atoms with van der Waals surface area (Å²) in [5, 5.41) is 14.1. The van der Waals surface area contributed by atoms with Crippen LogP contribution in [0.1, 0.15) is 23.2 Å². The number of nitrogens with zero attached hydrogens (tertiary/aromatic N) is 5. The zero-order valence-electron chi connectivity index (χ0n) is 19.0. The Morgan fingerprint density at radius 1 is 1.22 bits per heavy atom. The van der Waals surface area contributed by atoms with Crippen molar-refractivity contribution in [2.24, 2.45) is 11.5 Å². The monoisotopic (exact) mass is 507 g/mol. The first kappa shape index (κ1) is 25.0. The van der Waals surface area contributed by atoms with Crippen molar-refractivity contribution >= 4 is 23.5 Å². The van der Waals surface area contributed by atoms with Gasteiger partial charge in [-0.25, -0.2) is 4.79 Å². The lowest BCUT2D eigenvalue weighted by molar-refractivity contribution is -0.162. The molecular formula is C21H24F3N9O3. The fraction of sp³-hybridized carbons (Fsp3) is 0.381. The molecule has 0 unspecified atom stereocenters. The Morgan fingerprint density at radius 2 is 1.97 bits per heavy atom. The first-order valence-electron chi connectivity index (χ1n) is 10.9. The molecule has 1 aliphatic heterocycles. The second kappa shape index (κ2) is 9.85. The van der Waals surface area contributed by atoms with Crippen LogP contribution in [0.3, 0.4) is 0 Å².